The Morgan fingerprint density at radius 1 is 1.38 bits per heavy atom. The van der Waals surface area contributed by atoms with Crippen molar-refractivity contribution in [3.8, 4) is 22.0 Å². The first-order chi connectivity index (χ1) is 12.5. The Balaban J connectivity index is 2.02. The number of nitrogens with zero attached hydrogens (tertiary/aromatic N) is 3. The number of carboxylic acids is 1. The lowest BCUT2D eigenvalue weighted by Crippen LogP contribution is -2.08. The Morgan fingerprint density at radius 2 is 2.19 bits per heavy atom. The molecule has 6 nitrogen and oxygen atoms in total. The summed E-state index contributed by atoms with van der Waals surface area (Å²) in [5, 5.41) is 12.3. The van der Waals surface area contributed by atoms with Gasteiger partial charge in [0.05, 0.1) is 23.6 Å². The van der Waals surface area contributed by atoms with Crippen LogP contribution in [0.3, 0.4) is 0 Å². The number of hydrogen-bond donors (Lipinski definition) is 1. The summed E-state index contributed by atoms with van der Waals surface area (Å²) in [5.74, 6) is -0.933. The fourth-order valence-electron chi connectivity index (χ4n) is 2.87. The highest BCUT2D eigenvalue weighted by atomic mass is 32.1. The molecule has 0 saturated carbocycles. The van der Waals surface area contributed by atoms with E-state index in [1.165, 1.54) is 0 Å². The molecule has 3 aromatic rings. The van der Waals surface area contributed by atoms with Crippen molar-refractivity contribution in [3.05, 3.63) is 46.7 Å². The van der Waals surface area contributed by atoms with E-state index in [9.17, 15) is 9.90 Å². The number of carbonyl (C=O) groups is 1. The van der Waals surface area contributed by atoms with E-state index in [1.807, 2.05) is 29.0 Å². The Morgan fingerprint density at radius 3 is 2.88 bits per heavy atom. The third-order valence-corrected chi connectivity index (χ3v) is 5.20. The predicted octanol–water partition coefficient (Wildman–Crippen LogP) is 3.89. The van der Waals surface area contributed by atoms with Crippen molar-refractivity contribution >= 4 is 17.3 Å². The molecule has 26 heavy (non-hydrogen) atoms. The van der Waals surface area contributed by atoms with E-state index in [0.29, 0.717) is 24.4 Å². The van der Waals surface area contributed by atoms with Gasteiger partial charge in [0, 0.05) is 42.2 Å². The minimum absolute atomic E-state index is 0.294. The van der Waals surface area contributed by atoms with Crippen LogP contribution in [0.5, 0.6) is 0 Å². The van der Waals surface area contributed by atoms with Gasteiger partial charge in [-0.15, -0.1) is 11.3 Å². The van der Waals surface area contributed by atoms with Crippen LogP contribution < -0.4 is 0 Å². The maximum absolute atomic E-state index is 11.5. The van der Waals surface area contributed by atoms with Gasteiger partial charge in [0.15, 0.2) is 0 Å². The molecule has 0 atom stereocenters. The molecule has 0 unspecified atom stereocenters. The van der Waals surface area contributed by atoms with Crippen LogP contribution in [0.1, 0.15) is 28.7 Å². The summed E-state index contributed by atoms with van der Waals surface area (Å²) < 4.78 is 7.12. The molecule has 0 aliphatic carbocycles. The minimum atomic E-state index is -0.933. The standard InChI is InChI=1S/C19H21N3O3S/c1-4-14-9-13(5-6-20-14)18-21-16(11-26-18)17-10-15(19(23)24)12(2)22(17)7-8-25-3/h5-6,9-11H,4,7-8H2,1-3H3,(H,23,24). The summed E-state index contributed by atoms with van der Waals surface area (Å²) in [4.78, 5) is 20.6. The lowest BCUT2D eigenvalue weighted by atomic mass is 10.2. The predicted molar refractivity (Wildman–Crippen MR) is 102 cm³/mol. The number of hydrogen-bond acceptors (Lipinski definition) is 5. The van der Waals surface area contributed by atoms with Crippen molar-refractivity contribution in [2.45, 2.75) is 26.8 Å². The van der Waals surface area contributed by atoms with Gasteiger partial charge in [-0.3, -0.25) is 4.98 Å². The SMILES string of the molecule is CCc1cc(-c2nc(-c3cc(C(=O)O)c(C)n3CCOC)cs2)ccn1. The first kappa shape index (κ1) is 18.3. The number of aromatic carboxylic acids is 1. The number of pyridine rings is 1. The molecule has 0 aliphatic rings. The molecule has 136 valence electrons. The summed E-state index contributed by atoms with van der Waals surface area (Å²) in [6.07, 6.45) is 2.66. The smallest absolute Gasteiger partial charge is 0.337 e. The summed E-state index contributed by atoms with van der Waals surface area (Å²) in [6.45, 7) is 4.96. The second-order valence-corrected chi connectivity index (χ2v) is 6.76. The fourth-order valence-corrected chi connectivity index (χ4v) is 3.68. The second-order valence-electron chi connectivity index (χ2n) is 5.91. The van der Waals surface area contributed by atoms with Crippen molar-refractivity contribution in [1.82, 2.24) is 14.5 Å². The van der Waals surface area contributed by atoms with E-state index in [2.05, 4.69) is 11.9 Å². The van der Waals surface area contributed by atoms with Gasteiger partial charge in [0.25, 0.3) is 0 Å². The Kier molecular flexibility index (Phi) is 5.49. The number of thiazole rings is 1. The molecule has 0 amide bonds. The topological polar surface area (TPSA) is 77.2 Å². The molecule has 1 N–H and O–H groups in total. The van der Waals surface area contributed by atoms with E-state index in [4.69, 9.17) is 9.72 Å². The molecule has 0 radical (unpaired) electrons. The molecular formula is C19H21N3O3S. The van der Waals surface area contributed by atoms with Crippen LogP contribution in [-0.2, 0) is 17.7 Å². The van der Waals surface area contributed by atoms with Crippen molar-refractivity contribution in [1.29, 1.82) is 0 Å². The first-order valence-corrected chi connectivity index (χ1v) is 9.26. The van der Waals surface area contributed by atoms with Gasteiger partial charge >= 0.3 is 5.97 Å². The molecule has 0 saturated heterocycles. The minimum Gasteiger partial charge on any atom is -0.478 e. The lowest BCUT2D eigenvalue weighted by Gasteiger charge is -2.09. The Labute approximate surface area is 156 Å². The molecular weight excluding hydrogens is 350 g/mol. The van der Waals surface area contributed by atoms with Crippen LogP contribution in [0.2, 0.25) is 0 Å². The van der Waals surface area contributed by atoms with E-state index < -0.39 is 5.97 Å². The van der Waals surface area contributed by atoms with Crippen molar-refractivity contribution in [2.24, 2.45) is 0 Å². The molecule has 0 fully saturated rings. The highest BCUT2D eigenvalue weighted by Crippen LogP contribution is 2.31. The number of ether oxygens (including phenoxy) is 1. The van der Waals surface area contributed by atoms with Crippen LogP contribution in [0.25, 0.3) is 22.0 Å². The number of rotatable bonds is 7. The fraction of sp³-hybridized carbons (Fsp3) is 0.316. The third-order valence-electron chi connectivity index (χ3n) is 4.31. The lowest BCUT2D eigenvalue weighted by molar-refractivity contribution is 0.0696. The average molecular weight is 371 g/mol. The summed E-state index contributed by atoms with van der Waals surface area (Å²) >= 11 is 1.54. The van der Waals surface area contributed by atoms with Gasteiger partial charge in [-0.2, -0.15) is 0 Å². The maximum Gasteiger partial charge on any atom is 0.337 e. The molecule has 3 heterocycles. The zero-order valence-corrected chi connectivity index (χ0v) is 15.8. The number of aromatic nitrogens is 3. The molecule has 0 aliphatic heterocycles. The maximum atomic E-state index is 11.5. The number of carboxylic acid groups (broad SMARTS) is 1. The number of methoxy groups -OCH3 is 1. The molecule has 7 heteroatoms. The van der Waals surface area contributed by atoms with E-state index in [-0.39, 0.29) is 0 Å². The highest BCUT2D eigenvalue weighted by molar-refractivity contribution is 7.13. The third kappa shape index (κ3) is 3.54. The van der Waals surface area contributed by atoms with Gasteiger partial charge in [0.1, 0.15) is 5.01 Å². The normalized spacial score (nSPS) is 11.0. The van der Waals surface area contributed by atoms with Crippen LogP contribution >= 0.6 is 11.3 Å². The average Bonchev–Trinajstić information content (AvgIpc) is 3.25. The van der Waals surface area contributed by atoms with Crippen LogP contribution in [0.4, 0.5) is 0 Å². The van der Waals surface area contributed by atoms with Crippen LogP contribution in [0.15, 0.2) is 29.8 Å². The zero-order valence-electron chi connectivity index (χ0n) is 15.0. The van der Waals surface area contributed by atoms with Gasteiger partial charge in [0.2, 0.25) is 0 Å². The Bertz CT molecular complexity index is 930. The largest absolute Gasteiger partial charge is 0.478 e. The quantitative estimate of drug-likeness (QED) is 0.682. The second kappa shape index (κ2) is 7.80. The Hall–Kier alpha value is -2.51. The van der Waals surface area contributed by atoms with Crippen LogP contribution in [0, 0.1) is 6.92 Å². The van der Waals surface area contributed by atoms with Crippen molar-refractivity contribution in [2.75, 3.05) is 13.7 Å². The van der Waals surface area contributed by atoms with Gasteiger partial charge in [-0.1, -0.05) is 6.92 Å². The first-order valence-electron chi connectivity index (χ1n) is 8.38. The van der Waals surface area contributed by atoms with Gasteiger partial charge in [-0.05, 0) is 31.5 Å². The van der Waals surface area contributed by atoms with Crippen molar-refractivity contribution < 1.29 is 14.6 Å². The van der Waals surface area contributed by atoms with Gasteiger partial charge in [-0.25, -0.2) is 9.78 Å². The summed E-state index contributed by atoms with van der Waals surface area (Å²) in [6, 6.07) is 5.68. The molecule has 3 aromatic heterocycles. The van der Waals surface area contributed by atoms with E-state index in [1.54, 1.807) is 30.7 Å². The van der Waals surface area contributed by atoms with E-state index >= 15 is 0 Å². The molecule has 0 aromatic carbocycles. The molecule has 3 rings (SSSR count). The number of aryl methyl sites for hydroxylation is 1. The summed E-state index contributed by atoms with van der Waals surface area (Å²) in [5.41, 5.74) is 4.61. The van der Waals surface area contributed by atoms with E-state index in [0.717, 1.165) is 34.1 Å². The van der Waals surface area contributed by atoms with Crippen LogP contribution in [-0.4, -0.2) is 39.3 Å². The molecule has 0 bridgehead atoms. The van der Waals surface area contributed by atoms with Gasteiger partial charge < -0.3 is 14.4 Å². The van der Waals surface area contributed by atoms with Crippen molar-refractivity contribution in [3.63, 3.8) is 0 Å². The monoisotopic (exact) mass is 371 g/mol. The highest BCUT2D eigenvalue weighted by Gasteiger charge is 2.19. The summed E-state index contributed by atoms with van der Waals surface area (Å²) in [7, 11) is 1.63. The zero-order chi connectivity index (χ0) is 18.7. The molecule has 0 spiro atoms.